The minimum absolute atomic E-state index is 0.0959. The van der Waals surface area contributed by atoms with Gasteiger partial charge in [-0.2, -0.15) is 0 Å². The number of imidazole rings is 1. The molecular formula is C17H17N3. The Labute approximate surface area is 118 Å². The van der Waals surface area contributed by atoms with Crippen LogP contribution < -0.4 is 0 Å². The summed E-state index contributed by atoms with van der Waals surface area (Å²) in [6, 6.07) is 12.4. The number of nitrogens with zero attached hydrogens (tertiary/aromatic N) is 2. The van der Waals surface area contributed by atoms with Crippen LogP contribution in [0.3, 0.4) is 0 Å². The zero-order valence-corrected chi connectivity index (χ0v) is 11.7. The lowest BCUT2D eigenvalue weighted by molar-refractivity contribution is 0.874. The molecule has 0 bridgehead atoms. The molecule has 0 saturated heterocycles. The van der Waals surface area contributed by atoms with Gasteiger partial charge in [0.2, 0.25) is 0 Å². The Bertz CT molecular complexity index is 688. The molecule has 3 heteroatoms. The molecule has 0 saturated carbocycles. The molecule has 0 aliphatic heterocycles. The highest BCUT2D eigenvalue weighted by atomic mass is 14.9. The van der Waals surface area contributed by atoms with E-state index in [2.05, 4.69) is 53.1 Å². The predicted molar refractivity (Wildman–Crippen MR) is 79.7 cm³/mol. The summed E-state index contributed by atoms with van der Waals surface area (Å²) < 4.78 is 0. The van der Waals surface area contributed by atoms with Crippen molar-refractivity contribution in [2.24, 2.45) is 0 Å². The van der Waals surface area contributed by atoms with E-state index in [0.29, 0.717) is 0 Å². The summed E-state index contributed by atoms with van der Waals surface area (Å²) >= 11 is 0. The van der Waals surface area contributed by atoms with Gasteiger partial charge in [-0.3, -0.25) is 4.98 Å². The average Bonchev–Trinajstić information content (AvgIpc) is 2.99. The molecule has 2 aromatic heterocycles. The highest BCUT2D eigenvalue weighted by Gasteiger charge is 2.21. The van der Waals surface area contributed by atoms with Crippen LogP contribution in [0.15, 0.2) is 55.1 Å². The molecule has 0 spiro atoms. The summed E-state index contributed by atoms with van der Waals surface area (Å²) in [5.74, 6) is 0.0959. The lowest BCUT2D eigenvalue weighted by Crippen LogP contribution is -2.08. The van der Waals surface area contributed by atoms with E-state index in [1.807, 2.05) is 24.5 Å². The van der Waals surface area contributed by atoms with Crippen molar-refractivity contribution in [1.29, 1.82) is 0 Å². The van der Waals surface area contributed by atoms with Crippen molar-refractivity contribution in [2.75, 3.05) is 0 Å². The smallest absolute Gasteiger partial charge is 0.0922 e. The van der Waals surface area contributed by atoms with Crippen LogP contribution in [0.5, 0.6) is 0 Å². The van der Waals surface area contributed by atoms with Gasteiger partial charge in [-0.25, -0.2) is 4.98 Å². The van der Waals surface area contributed by atoms with Gasteiger partial charge >= 0.3 is 0 Å². The molecule has 3 rings (SSSR count). The molecule has 2 heterocycles. The van der Waals surface area contributed by atoms with Crippen LogP contribution in [0, 0.1) is 13.8 Å². The lowest BCUT2D eigenvalue weighted by atomic mass is 9.87. The van der Waals surface area contributed by atoms with E-state index in [1.54, 1.807) is 6.33 Å². The van der Waals surface area contributed by atoms with Crippen LogP contribution in [0.4, 0.5) is 0 Å². The Morgan fingerprint density at radius 1 is 1.05 bits per heavy atom. The third-order valence-electron chi connectivity index (χ3n) is 3.77. The molecule has 1 aromatic carbocycles. The Morgan fingerprint density at radius 3 is 2.65 bits per heavy atom. The molecule has 1 unspecified atom stereocenters. The van der Waals surface area contributed by atoms with Gasteiger partial charge in [0.25, 0.3) is 0 Å². The van der Waals surface area contributed by atoms with E-state index in [-0.39, 0.29) is 5.92 Å². The number of nitrogens with one attached hydrogen (secondary N) is 1. The standard InChI is InChI=1S/C17H17N3/c1-12-6-5-7-14(13(12)2)17(16-10-18-11-20-16)15-8-3-4-9-19-15/h3-11,17H,1-2H3,(H,18,20). The van der Waals surface area contributed by atoms with Gasteiger partial charge < -0.3 is 4.98 Å². The molecule has 0 radical (unpaired) electrons. The van der Waals surface area contributed by atoms with Gasteiger partial charge in [0.15, 0.2) is 0 Å². The van der Waals surface area contributed by atoms with Crippen molar-refractivity contribution in [1.82, 2.24) is 15.0 Å². The summed E-state index contributed by atoms with van der Waals surface area (Å²) in [7, 11) is 0. The lowest BCUT2D eigenvalue weighted by Gasteiger charge is -2.19. The second-order valence-corrected chi connectivity index (χ2v) is 4.98. The zero-order chi connectivity index (χ0) is 13.9. The van der Waals surface area contributed by atoms with Crippen molar-refractivity contribution in [3.05, 3.63) is 83.2 Å². The summed E-state index contributed by atoms with van der Waals surface area (Å²) in [6.07, 6.45) is 5.43. The first kappa shape index (κ1) is 12.6. The van der Waals surface area contributed by atoms with Crippen LogP contribution in [-0.4, -0.2) is 15.0 Å². The summed E-state index contributed by atoms with van der Waals surface area (Å²) in [5, 5.41) is 0. The quantitative estimate of drug-likeness (QED) is 0.784. The van der Waals surface area contributed by atoms with Crippen molar-refractivity contribution < 1.29 is 0 Å². The topological polar surface area (TPSA) is 41.6 Å². The van der Waals surface area contributed by atoms with E-state index in [1.165, 1.54) is 16.7 Å². The first-order valence-electron chi connectivity index (χ1n) is 6.72. The molecule has 20 heavy (non-hydrogen) atoms. The second-order valence-electron chi connectivity index (χ2n) is 4.98. The van der Waals surface area contributed by atoms with E-state index in [4.69, 9.17) is 0 Å². The number of hydrogen-bond donors (Lipinski definition) is 1. The first-order valence-corrected chi connectivity index (χ1v) is 6.72. The second kappa shape index (κ2) is 5.29. The van der Waals surface area contributed by atoms with Crippen LogP contribution in [0.25, 0.3) is 0 Å². The number of aromatic amines is 1. The maximum Gasteiger partial charge on any atom is 0.0922 e. The van der Waals surface area contributed by atoms with Gasteiger partial charge in [0, 0.05) is 18.1 Å². The largest absolute Gasteiger partial charge is 0.348 e. The number of aromatic nitrogens is 3. The van der Waals surface area contributed by atoms with Crippen LogP contribution in [-0.2, 0) is 0 Å². The Hall–Kier alpha value is -2.42. The number of pyridine rings is 1. The van der Waals surface area contributed by atoms with Gasteiger partial charge in [0.1, 0.15) is 0 Å². The van der Waals surface area contributed by atoms with Crippen LogP contribution in [0.1, 0.15) is 34.0 Å². The fourth-order valence-corrected chi connectivity index (χ4v) is 2.54. The molecule has 0 aliphatic carbocycles. The molecule has 3 nitrogen and oxygen atoms in total. The summed E-state index contributed by atoms with van der Waals surface area (Å²) in [6.45, 7) is 4.30. The molecule has 1 atom stereocenters. The Balaban J connectivity index is 2.19. The molecule has 0 aliphatic rings. The monoisotopic (exact) mass is 263 g/mol. The molecule has 1 N–H and O–H groups in total. The highest BCUT2D eigenvalue weighted by molar-refractivity contribution is 5.44. The Morgan fingerprint density at radius 2 is 1.95 bits per heavy atom. The van der Waals surface area contributed by atoms with Crippen molar-refractivity contribution >= 4 is 0 Å². The van der Waals surface area contributed by atoms with Gasteiger partial charge in [-0.1, -0.05) is 24.3 Å². The highest BCUT2D eigenvalue weighted by Crippen LogP contribution is 2.32. The van der Waals surface area contributed by atoms with E-state index >= 15 is 0 Å². The molecule has 3 aromatic rings. The normalized spacial score (nSPS) is 12.3. The molecular weight excluding hydrogens is 246 g/mol. The number of hydrogen-bond acceptors (Lipinski definition) is 2. The summed E-state index contributed by atoms with van der Waals surface area (Å²) in [4.78, 5) is 11.9. The van der Waals surface area contributed by atoms with Gasteiger partial charge in [0.05, 0.1) is 17.9 Å². The molecule has 100 valence electrons. The number of aryl methyl sites for hydroxylation is 1. The number of H-pyrrole nitrogens is 1. The minimum atomic E-state index is 0.0959. The molecule has 0 amide bonds. The molecule has 0 fully saturated rings. The van der Waals surface area contributed by atoms with Crippen LogP contribution in [0.2, 0.25) is 0 Å². The zero-order valence-electron chi connectivity index (χ0n) is 11.7. The SMILES string of the molecule is Cc1cccc(C(c2ccccn2)c2cnc[nH]2)c1C. The van der Waals surface area contributed by atoms with E-state index < -0.39 is 0 Å². The van der Waals surface area contributed by atoms with E-state index in [0.717, 1.165) is 11.4 Å². The average molecular weight is 263 g/mol. The van der Waals surface area contributed by atoms with Crippen molar-refractivity contribution in [3.8, 4) is 0 Å². The third kappa shape index (κ3) is 2.23. The van der Waals surface area contributed by atoms with Gasteiger partial charge in [-0.05, 0) is 42.7 Å². The fourth-order valence-electron chi connectivity index (χ4n) is 2.54. The predicted octanol–water partition coefficient (Wildman–Crippen LogP) is 3.60. The maximum atomic E-state index is 4.53. The Kier molecular flexibility index (Phi) is 3.33. The minimum Gasteiger partial charge on any atom is -0.348 e. The fraction of sp³-hybridized carbons (Fsp3) is 0.176. The van der Waals surface area contributed by atoms with Crippen LogP contribution >= 0.6 is 0 Å². The van der Waals surface area contributed by atoms with E-state index in [9.17, 15) is 0 Å². The number of rotatable bonds is 3. The summed E-state index contributed by atoms with van der Waals surface area (Å²) in [5.41, 5.74) is 5.97. The number of benzene rings is 1. The van der Waals surface area contributed by atoms with Gasteiger partial charge in [-0.15, -0.1) is 0 Å². The maximum absolute atomic E-state index is 4.53. The van der Waals surface area contributed by atoms with Crippen molar-refractivity contribution in [2.45, 2.75) is 19.8 Å². The first-order chi connectivity index (χ1) is 9.77. The van der Waals surface area contributed by atoms with Crippen molar-refractivity contribution in [3.63, 3.8) is 0 Å². The third-order valence-corrected chi connectivity index (χ3v) is 3.77.